The minimum Gasteiger partial charge on any atom is -0.222 e. The fourth-order valence-electron chi connectivity index (χ4n) is 0.561. The molecule has 0 atom stereocenters. The number of hydrogen-bond acceptors (Lipinski definition) is 4. The number of aromatic nitrogens is 2. The van der Waals surface area contributed by atoms with Crippen molar-refractivity contribution >= 4 is 9.84 Å². The summed E-state index contributed by atoms with van der Waals surface area (Å²) in [5.41, 5.74) is 0. The summed E-state index contributed by atoms with van der Waals surface area (Å²) in [6.45, 7) is 0. The van der Waals surface area contributed by atoms with Crippen molar-refractivity contribution in [2.75, 3.05) is 6.26 Å². The van der Waals surface area contributed by atoms with Crippen LogP contribution in [0.3, 0.4) is 0 Å². The SMILES string of the molecule is CS(=O)(=O)c1ccn(C#N)n1. The lowest BCUT2D eigenvalue weighted by atomic mass is 10.7. The molecule has 0 bridgehead atoms. The van der Waals surface area contributed by atoms with E-state index in [4.69, 9.17) is 5.26 Å². The van der Waals surface area contributed by atoms with E-state index in [1.54, 1.807) is 6.19 Å². The Bertz CT molecular complexity index is 398. The fourth-order valence-corrected chi connectivity index (χ4v) is 1.10. The Kier molecular flexibility index (Phi) is 1.66. The second-order valence-corrected chi connectivity index (χ2v) is 3.93. The standard InChI is InChI=1S/C5H5N3O2S/c1-11(9,10)5-2-3-8(4-6)7-5/h2-3H,1H3. The number of rotatable bonds is 1. The lowest BCUT2D eigenvalue weighted by Crippen LogP contribution is -1.99. The summed E-state index contributed by atoms with van der Waals surface area (Å²) in [6.07, 6.45) is 3.99. The Balaban J connectivity index is 3.22. The molecule has 0 amide bonds. The highest BCUT2D eigenvalue weighted by Crippen LogP contribution is 2.02. The predicted octanol–water partition coefficient (Wildman–Crippen LogP) is -0.384. The van der Waals surface area contributed by atoms with Crippen molar-refractivity contribution in [2.45, 2.75) is 5.03 Å². The summed E-state index contributed by atoms with van der Waals surface area (Å²) >= 11 is 0. The van der Waals surface area contributed by atoms with Crippen molar-refractivity contribution in [1.29, 1.82) is 5.26 Å². The van der Waals surface area contributed by atoms with Crippen molar-refractivity contribution in [3.05, 3.63) is 12.3 Å². The molecule has 0 saturated carbocycles. The molecule has 0 fully saturated rings. The Morgan fingerprint density at radius 3 is 2.64 bits per heavy atom. The summed E-state index contributed by atoms with van der Waals surface area (Å²) in [5, 5.41) is 11.7. The van der Waals surface area contributed by atoms with Gasteiger partial charge in [0.05, 0.1) is 0 Å². The summed E-state index contributed by atoms with van der Waals surface area (Å²) in [5.74, 6) is 0. The van der Waals surface area contributed by atoms with Gasteiger partial charge in [0.2, 0.25) is 6.19 Å². The van der Waals surface area contributed by atoms with E-state index in [0.717, 1.165) is 10.9 Å². The van der Waals surface area contributed by atoms with Crippen LogP contribution in [0.5, 0.6) is 0 Å². The molecule has 0 aliphatic carbocycles. The quantitative estimate of drug-likeness (QED) is 0.577. The third-order valence-electron chi connectivity index (χ3n) is 1.05. The lowest BCUT2D eigenvalue weighted by Gasteiger charge is -1.86. The van der Waals surface area contributed by atoms with Gasteiger partial charge < -0.3 is 0 Å². The van der Waals surface area contributed by atoms with E-state index in [2.05, 4.69) is 5.10 Å². The molecule has 1 rings (SSSR count). The average molecular weight is 171 g/mol. The molecule has 58 valence electrons. The first kappa shape index (κ1) is 7.75. The largest absolute Gasteiger partial charge is 0.222 e. The summed E-state index contributed by atoms with van der Waals surface area (Å²) in [4.78, 5) is 0. The topological polar surface area (TPSA) is 75.8 Å². The molecular weight excluding hydrogens is 166 g/mol. The molecule has 0 saturated heterocycles. The van der Waals surface area contributed by atoms with Gasteiger partial charge in [0, 0.05) is 12.5 Å². The van der Waals surface area contributed by atoms with Gasteiger partial charge in [-0.1, -0.05) is 0 Å². The maximum absolute atomic E-state index is 10.8. The van der Waals surface area contributed by atoms with Gasteiger partial charge in [-0.15, -0.1) is 5.10 Å². The van der Waals surface area contributed by atoms with Crippen LogP contribution in [-0.2, 0) is 9.84 Å². The fraction of sp³-hybridized carbons (Fsp3) is 0.200. The van der Waals surface area contributed by atoms with Crippen LogP contribution in [0.1, 0.15) is 0 Å². The highest BCUT2D eigenvalue weighted by molar-refractivity contribution is 7.90. The predicted molar refractivity (Wildman–Crippen MR) is 36.3 cm³/mol. The van der Waals surface area contributed by atoms with Gasteiger partial charge in [-0.2, -0.15) is 9.94 Å². The van der Waals surface area contributed by atoms with Crippen LogP contribution < -0.4 is 0 Å². The van der Waals surface area contributed by atoms with E-state index in [1.165, 1.54) is 12.3 Å². The Hall–Kier alpha value is -1.35. The van der Waals surface area contributed by atoms with Gasteiger partial charge in [0.25, 0.3) is 0 Å². The van der Waals surface area contributed by atoms with Crippen molar-refractivity contribution in [3.8, 4) is 6.19 Å². The molecule has 1 aromatic rings. The molecule has 0 aliphatic heterocycles. The molecule has 5 nitrogen and oxygen atoms in total. The van der Waals surface area contributed by atoms with Crippen LogP contribution >= 0.6 is 0 Å². The highest BCUT2D eigenvalue weighted by Gasteiger charge is 2.09. The zero-order valence-corrected chi connectivity index (χ0v) is 6.54. The minimum absolute atomic E-state index is 0.0842. The molecule has 0 N–H and O–H groups in total. The lowest BCUT2D eigenvalue weighted by molar-refractivity contribution is 0.596. The molecular formula is C5H5N3O2S. The second kappa shape index (κ2) is 2.36. The van der Waals surface area contributed by atoms with Gasteiger partial charge in [0.1, 0.15) is 0 Å². The third kappa shape index (κ3) is 1.56. The average Bonchev–Trinajstić information content (AvgIpc) is 2.32. The van der Waals surface area contributed by atoms with Crippen LogP contribution in [0, 0.1) is 11.5 Å². The minimum atomic E-state index is -3.28. The van der Waals surface area contributed by atoms with Crippen LogP contribution in [-0.4, -0.2) is 24.5 Å². The zero-order valence-electron chi connectivity index (χ0n) is 5.72. The second-order valence-electron chi connectivity index (χ2n) is 1.97. The maximum Gasteiger partial charge on any atom is 0.206 e. The van der Waals surface area contributed by atoms with E-state index >= 15 is 0 Å². The number of nitriles is 1. The van der Waals surface area contributed by atoms with Gasteiger partial charge >= 0.3 is 0 Å². The first-order chi connectivity index (χ1) is 5.04. The smallest absolute Gasteiger partial charge is 0.206 e. The first-order valence-corrected chi connectivity index (χ1v) is 4.59. The molecule has 0 aromatic carbocycles. The first-order valence-electron chi connectivity index (χ1n) is 2.70. The molecule has 0 spiro atoms. The highest BCUT2D eigenvalue weighted by atomic mass is 32.2. The summed E-state index contributed by atoms with van der Waals surface area (Å²) < 4.78 is 22.4. The Labute approximate surface area is 63.8 Å². The van der Waals surface area contributed by atoms with Gasteiger partial charge in [-0.25, -0.2) is 8.42 Å². The normalized spacial score (nSPS) is 10.9. The monoisotopic (exact) mass is 171 g/mol. The van der Waals surface area contributed by atoms with E-state index in [1.807, 2.05) is 0 Å². The van der Waals surface area contributed by atoms with Crippen molar-refractivity contribution in [2.24, 2.45) is 0 Å². The van der Waals surface area contributed by atoms with E-state index in [-0.39, 0.29) is 5.03 Å². The maximum atomic E-state index is 10.8. The van der Waals surface area contributed by atoms with Crippen molar-refractivity contribution < 1.29 is 8.42 Å². The van der Waals surface area contributed by atoms with E-state index in [9.17, 15) is 8.42 Å². The Morgan fingerprint density at radius 1 is 1.73 bits per heavy atom. The molecule has 0 radical (unpaired) electrons. The molecule has 1 heterocycles. The number of hydrogen-bond donors (Lipinski definition) is 0. The molecule has 11 heavy (non-hydrogen) atoms. The Morgan fingerprint density at radius 2 is 2.36 bits per heavy atom. The zero-order chi connectivity index (χ0) is 8.48. The molecule has 6 heteroatoms. The van der Waals surface area contributed by atoms with E-state index in [0.29, 0.717) is 0 Å². The molecule has 0 unspecified atom stereocenters. The molecule has 1 aromatic heterocycles. The van der Waals surface area contributed by atoms with Crippen LogP contribution in [0.15, 0.2) is 17.3 Å². The summed E-state index contributed by atoms with van der Waals surface area (Å²) in [6, 6.07) is 1.28. The number of sulfone groups is 1. The number of nitrogens with zero attached hydrogens (tertiary/aromatic N) is 3. The van der Waals surface area contributed by atoms with Crippen molar-refractivity contribution in [3.63, 3.8) is 0 Å². The van der Waals surface area contributed by atoms with Gasteiger partial charge in [-0.05, 0) is 6.07 Å². The van der Waals surface area contributed by atoms with Crippen LogP contribution in [0.4, 0.5) is 0 Å². The van der Waals surface area contributed by atoms with Gasteiger partial charge in [0.15, 0.2) is 14.9 Å². The van der Waals surface area contributed by atoms with Crippen molar-refractivity contribution in [1.82, 2.24) is 9.78 Å². The van der Waals surface area contributed by atoms with Gasteiger partial charge in [-0.3, -0.25) is 0 Å². The molecule has 0 aliphatic rings. The summed E-state index contributed by atoms with van der Waals surface area (Å²) in [7, 11) is -3.28. The van der Waals surface area contributed by atoms with Crippen LogP contribution in [0.25, 0.3) is 0 Å². The van der Waals surface area contributed by atoms with Crippen LogP contribution in [0.2, 0.25) is 0 Å². The van der Waals surface area contributed by atoms with E-state index < -0.39 is 9.84 Å². The third-order valence-corrected chi connectivity index (χ3v) is 2.02.